The zero-order chi connectivity index (χ0) is 22.1. The van der Waals surface area contributed by atoms with Crippen LogP contribution in [0.4, 0.5) is 5.69 Å². The third-order valence-electron chi connectivity index (χ3n) is 4.62. The number of anilines is 1. The summed E-state index contributed by atoms with van der Waals surface area (Å²) in [5.41, 5.74) is 2.60. The lowest BCUT2D eigenvalue weighted by molar-refractivity contribution is -0.121. The van der Waals surface area contributed by atoms with Crippen molar-refractivity contribution in [2.75, 3.05) is 30.3 Å². The van der Waals surface area contributed by atoms with Crippen molar-refractivity contribution in [1.29, 1.82) is 0 Å². The largest absolute Gasteiger partial charge is 0.492 e. The number of sulfonamides is 1. The standard InChI is InChI=1S/C22H29ClN2O4S/c1-4-18-8-5-7-17(2)22(18)25(30(3,27)28)15-6-9-21(26)24-14-16-29-20-12-10-19(23)11-13-20/h5,7-8,10-13H,4,6,9,14-16H2,1-3H3,(H,24,26). The van der Waals surface area contributed by atoms with E-state index in [1.54, 1.807) is 24.3 Å². The van der Waals surface area contributed by atoms with Crippen LogP contribution in [0.2, 0.25) is 5.02 Å². The molecule has 0 saturated heterocycles. The second-order valence-electron chi connectivity index (χ2n) is 7.03. The lowest BCUT2D eigenvalue weighted by Gasteiger charge is -2.26. The molecule has 0 aliphatic carbocycles. The van der Waals surface area contributed by atoms with Gasteiger partial charge in [-0.1, -0.05) is 36.7 Å². The van der Waals surface area contributed by atoms with Crippen LogP contribution in [0.15, 0.2) is 42.5 Å². The highest BCUT2D eigenvalue weighted by Crippen LogP contribution is 2.28. The van der Waals surface area contributed by atoms with Gasteiger partial charge in [0.05, 0.1) is 18.5 Å². The van der Waals surface area contributed by atoms with Crippen LogP contribution in [-0.4, -0.2) is 40.3 Å². The molecule has 0 radical (unpaired) electrons. The van der Waals surface area contributed by atoms with E-state index in [1.165, 1.54) is 10.6 Å². The van der Waals surface area contributed by atoms with Gasteiger partial charge in [0.1, 0.15) is 12.4 Å². The Bertz CT molecular complexity index is 946. The van der Waals surface area contributed by atoms with Crippen molar-refractivity contribution in [3.8, 4) is 5.75 Å². The molecule has 2 aromatic carbocycles. The van der Waals surface area contributed by atoms with Crippen LogP contribution in [0.25, 0.3) is 0 Å². The van der Waals surface area contributed by atoms with Gasteiger partial charge < -0.3 is 10.1 Å². The highest BCUT2D eigenvalue weighted by molar-refractivity contribution is 7.92. The van der Waals surface area contributed by atoms with E-state index in [2.05, 4.69) is 5.32 Å². The van der Waals surface area contributed by atoms with Gasteiger partial charge in [0.25, 0.3) is 0 Å². The molecule has 8 heteroatoms. The minimum absolute atomic E-state index is 0.136. The molecule has 0 aromatic heterocycles. The fraction of sp³-hybridized carbons (Fsp3) is 0.409. The Morgan fingerprint density at radius 1 is 1.17 bits per heavy atom. The van der Waals surface area contributed by atoms with Crippen LogP contribution in [0, 0.1) is 6.92 Å². The van der Waals surface area contributed by atoms with E-state index in [0.717, 1.165) is 23.2 Å². The molecule has 6 nitrogen and oxygen atoms in total. The van der Waals surface area contributed by atoms with Crippen molar-refractivity contribution in [3.05, 3.63) is 58.6 Å². The smallest absolute Gasteiger partial charge is 0.232 e. The summed E-state index contributed by atoms with van der Waals surface area (Å²) in [5, 5.41) is 3.43. The van der Waals surface area contributed by atoms with E-state index in [1.807, 2.05) is 32.0 Å². The van der Waals surface area contributed by atoms with Crippen LogP contribution in [0.3, 0.4) is 0 Å². The number of carbonyl (C=O) groups excluding carboxylic acids is 1. The number of nitrogens with zero attached hydrogens (tertiary/aromatic N) is 1. The van der Waals surface area contributed by atoms with Crippen LogP contribution < -0.4 is 14.4 Å². The number of aryl methyl sites for hydroxylation is 2. The van der Waals surface area contributed by atoms with E-state index in [0.29, 0.717) is 30.3 Å². The zero-order valence-corrected chi connectivity index (χ0v) is 19.2. The Labute approximate surface area is 184 Å². The quantitative estimate of drug-likeness (QED) is 0.524. The molecule has 0 saturated carbocycles. The van der Waals surface area contributed by atoms with Gasteiger partial charge in [0.15, 0.2) is 0 Å². The molecule has 0 heterocycles. The van der Waals surface area contributed by atoms with Gasteiger partial charge in [0, 0.05) is 18.0 Å². The molecule has 0 spiro atoms. The Kier molecular flexibility index (Phi) is 8.99. The SMILES string of the molecule is CCc1cccc(C)c1N(CCCC(=O)NCCOc1ccc(Cl)cc1)S(C)(=O)=O. The third-order valence-corrected chi connectivity index (χ3v) is 6.04. The average molecular weight is 453 g/mol. The fourth-order valence-electron chi connectivity index (χ4n) is 3.17. The number of halogens is 1. The number of rotatable bonds is 11. The fourth-order valence-corrected chi connectivity index (χ4v) is 4.35. The molecule has 30 heavy (non-hydrogen) atoms. The first-order valence-corrected chi connectivity index (χ1v) is 12.2. The van der Waals surface area contributed by atoms with E-state index >= 15 is 0 Å². The number of hydrogen-bond donors (Lipinski definition) is 1. The van der Waals surface area contributed by atoms with Gasteiger partial charge >= 0.3 is 0 Å². The maximum absolute atomic E-state index is 12.4. The Morgan fingerprint density at radius 2 is 1.87 bits per heavy atom. The summed E-state index contributed by atoms with van der Waals surface area (Å²) >= 11 is 5.82. The van der Waals surface area contributed by atoms with Gasteiger partial charge in [-0.05, 0) is 55.2 Å². The predicted octanol–water partition coefficient (Wildman–Crippen LogP) is 3.95. The number of hydrogen-bond acceptors (Lipinski definition) is 4. The minimum Gasteiger partial charge on any atom is -0.492 e. The number of para-hydroxylation sites is 1. The molecular formula is C22H29ClN2O4S. The van der Waals surface area contributed by atoms with Gasteiger partial charge in [-0.25, -0.2) is 8.42 Å². The molecule has 1 N–H and O–H groups in total. The summed E-state index contributed by atoms with van der Waals surface area (Å²) < 4.78 is 31.7. The van der Waals surface area contributed by atoms with E-state index in [9.17, 15) is 13.2 Å². The number of ether oxygens (including phenoxy) is 1. The van der Waals surface area contributed by atoms with Crippen molar-refractivity contribution in [3.63, 3.8) is 0 Å². The summed E-state index contributed by atoms with van der Waals surface area (Å²) in [4.78, 5) is 12.1. The van der Waals surface area contributed by atoms with E-state index < -0.39 is 10.0 Å². The molecule has 164 valence electrons. The Morgan fingerprint density at radius 3 is 2.50 bits per heavy atom. The van der Waals surface area contributed by atoms with E-state index in [4.69, 9.17) is 16.3 Å². The Balaban J connectivity index is 1.84. The first-order valence-electron chi connectivity index (χ1n) is 9.93. The molecule has 2 rings (SSSR count). The topological polar surface area (TPSA) is 75.7 Å². The van der Waals surface area contributed by atoms with Crippen molar-refractivity contribution in [2.45, 2.75) is 33.1 Å². The monoisotopic (exact) mass is 452 g/mol. The molecule has 0 unspecified atom stereocenters. The molecule has 2 aromatic rings. The van der Waals surface area contributed by atoms with Gasteiger partial charge in [-0.3, -0.25) is 9.10 Å². The summed E-state index contributed by atoms with van der Waals surface area (Å²) in [6.45, 7) is 4.87. The lowest BCUT2D eigenvalue weighted by Crippen LogP contribution is -2.34. The first-order chi connectivity index (χ1) is 14.2. The highest BCUT2D eigenvalue weighted by Gasteiger charge is 2.21. The second-order valence-corrected chi connectivity index (χ2v) is 9.37. The minimum atomic E-state index is -3.45. The number of nitrogens with one attached hydrogen (secondary N) is 1. The van der Waals surface area contributed by atoms with Crippen molar-refractivity contribution >= 4 is 33.2 Å². The van der Waals surface area contributed by atoms with Gasteiger partial charge in [0.2, 0.25) is 15.9 Å². The summed E-state index contributed by atoms with van der Waals surface area (Å²) in [7, 11) is -3.45. The summed E-state index contributed by atoms with van der Waals surface area (Å²) in [6, 6.07) is 12.8. The zero-order valence-electron chi connectivity index (χ0n) is 17.7. The molecular weight excluding hydrogens is 424 g/mol. The highest BCUT2D eigenvalue weighted by atomic mass is 35.5. The molecule has 0 fully saturated rings. The molecule has 0 aliphatic rings. The van der Waals surface area contributed by atoms with Crippen molar-refractivity contribution in [2.24, 2.45) is 0 Å². The number of amides is 1. The number of carbonyl (C=O) groups is 1. The maximum Gasteiger partial charge on any atom is 0.232 e. The molecule has 0 atom stereocenters. The second kappa shape index (κ2) is 11.2. The number of benzene rings is 2. The summed E-state index contributed by atoms with van der Waals surface area (Å²) in [6.07, 6.45) is 2.60. The van der Waals surface area contributed by atoms with Gasteiger partial charge in [-0.2, -0.15) is 0 Å². The Hall–Kier alpha value is -2.25. The predicted molar refractivity (Wildman–Crippen MR) is 122 cm³/mol. The van der Waals surface area contributed by atoms with Crippen LogP contribution >= 0.6 is 11.6 Å². The van der Waals surface area contributed by atoms with Crippen LogP contribution in [0.1, 0.15) is 30.9 Å². The van der Waals surface area contributed by atoms with E-state index in [-0.39, 0.29) is 18.9 Å². The molecule has 0 bridgehead atoms. The van der Waals surface area contributed by atoms with Crippen LogP contribution in [0.5, 0.6) is 5.75 Å². The summed E-state index contributed by atoms with van der Waals surface area (Å²) in [5.74, 6) is 0.547. The lowest BCUT2D eigenvalue weighted by atomic mass is 10.1. The molecule has 1 amide bonds. The average Bonchev–Trinajstić information content (AvgIpc) is 2.69. The maximum atomic E-state index is 12.4. The normalized spacial score (nSPS) is 11.2. The van der Waals surface area contributed by atoms with Crippen LogP contribution in [-0.2, 0) is 21.2 Å². The molecule has 0 aliphatic heterocycles. The van der Waals surface area contributed by atoms with Crippen molar-refractivity contribution < 1.29 is 17.9 Å². The van der Waals surface area contributed by atoms with Gasteiger partial charge in [-0.15, -0.1) is 0 Å². The first kappa shape index (κ1) is 24.0. The van der Waals surface area contributed by atoms with Crippen molar-refractivity contribution in [1.82, 2.24) is 5.32 Å². The third kappa shape index (κ3) is 7.22.